The molecule has 0 aromatic carbocycles. The highest BCUT2D eigenvalue weighted by molar-refractivity contribution is 7.89. The summed E-state index contributed by atoms with van der Waals surface area (Å²) >= 11 is 0. The van der Waals surface area contributed by atoms with E-state index in [1.54, 1.807) is 5.10 Å². The van der Waals surface area contributed by atoms with Gasteiger partial charge in [0.25, 0.3) is 0 Å². The first-order valence-corrected chi connectivity index (χ1v) is 8.52. The van der Waals surface area contributed by atoms with Crippen LogP contribution in [0.25, 0.3) is 0 Å². The molecule has 0 unspecified atom stereocenters. The van der Waals surface area contributed by atoms with Crippen LogP contribution in [0.4, 0.5) is 19.1 Å². The van der Waals surface area contributed by atoms with Gasteiger partial charge in [-0.1, -0.05) is 0 Å². The molecule has 0 saturated carbocycles. The van der Waals surface area contributed by atoms with Gasteiger partial charge in [0, 0.05) is 19.0 Å². The molecule has 0 bridgehead atoms. The van der Waals surface area contributed by atoms with Crippen molar-refractivity contribution in [3.63, 3.8) is 0 Å². The number of amides is 1. The van der Waals surface area contributed by atoms with Crippen molar-refractivity contribution >= 4 is 21.9 Å². The summed E-state index contributed by atoms with van der Waals surface area (Å²) < 4.78 is 61.9. The fourth-order valence-corrected chi connectivity index (χ4v) is 3.37. The Balaban J connectivity index is 1.92. The lowest BCUT2D eigenvalue weighted by molar-refractivity contribution is -0.144. The van der Waals surface area contributed by atoms with E-state index >= 15 is 0 Å². The number of hydrogen-bond donors (Lipinski definition) is 2. The molecule has 2 N–H and O–H groups in total. The molecule has 1 aliphatic heterocycles. The van der Waals surface area contributed by atoms with E-state index in [0.717, 1.165) is 0 Å². The second kappa shape index (κ2) is 6.43. The first kappa shape index (κ1) is 17.7. The Morgan fingerprint density at radius 2 is 2.00 bits per heavy atom. The minimum atomic E-state index is -4.67. The van der Waals surface area contributed by atoms with Gasteiger partial charge in [0.2, 0.25) is 27.7 Å². The van der Waals surface area contributed by atoms with Gasteiger partial charge in [-0.2, -0.15) is 18.2 Å². The number of nitrogens with zero attached hydrogens (tertiary/aromatic N) is 3. The summed E-state index contributed by atoms with van der Waals surface area (Å²) in [7, 11) is -3.30. The van der Waals surface area contributed by atoms with Crippen molar-refractivity contribution in [2.45, 2.75) is 25.9 Å². The van der Waals surface area contributed by atoms with Crippen LogP contribution >= 0.6 is 0 Å². The highest BCUT2D eigenvalue weighted by Crippen LogP contribution is 2.26. The molecule has 1 aliphatic rings. The van der Waals surface area contributed by atoms with Crippen LogP contribution in [0.3, 0.4) is 0 Å². The number of H-pyrrole nitrogens is 1. The van der Waals surface area contributed by atoms with Gasteiger partial charge >= 0.3 is 6.18 Å². The molecule has 23 heavy (non-hydrogen) atoms. The second-order valence-electron chi connectivity index (χ2n) is 5.07. The Bertz CT molecular complexity index is 665. The van der Waals surface area contributed by atoms with Gasteiger partial charge in [-0.3, -0.25) is 15.2 Å². The van der Waals surface area contributed by atoms with Crippen molar-refractivity contribution in [2.75, 3.05) is 24.2 Å². The predicted octanol–water partition coefficient (Wildman–Crippen LogP) is 0.824. The number of piperidine rings is 1. The van der Waals surface area contributed by atoms with E-state index in [1.807, 2.05) is 0 Å². The van der Waals surface area contributed by atoms with Gasteiger partial charge < -0.3 is 0 Å². The number of alkyl halides is 3. The van der Waals surface area contributed by atoms with Crippen LogP contribution in [-0.4, -0.2) is 52.7 Å². The molecule has 1 aromatic rings. The van der Waals surface area contributed by atoms with Crippen LogP contribution in [-0.2, 0) is 21.0 Å². The first-order chi connectivity index (χ1) is 10.6. The van der Waals surface area contributed by atoms with E-state index in [0.29, 0.717) is 12.8 Å². The van der Waals surface area contributed by atoms with E-state index in [4.69, 9.17) is 0 Å². The Labute approximate surface area is 130 Å². The standard InChI is InChI=1S/C11H16F3N5O3S/c1-2-23(21,22)19-5-3-7(4-6-19)8(20)15-10-16-9(17-18-10)11(12,13)14/h7H,2-6H2,1H3,(H2,15,16,17,18,20). The summed E-state index contributed by atoms with van der Waals surface area (Å²) in [6.45, 7) is 1.95. The third-order valence-electron chi connectivity index (χ3n) is 3.57. The zero-order valence-electron chi connectivity index (χ0n) is 12.2. The molecule has 2 heterocycles. The van der Waals surface area contributed by atoms with Crippen LogP contribution in [0.2, 0.25) is 0 Å². The van der Waals surface area contributed by atoms with Gasteiger partial charge in [0.05, 0.1) is 5.75 Å². The summed E-state index contributed by atoms with van der Waals surface area (Å²) in [5, 5.41) is 7.20. The van der Waals surface area contributed by atoms with Gasteiger partial charge in [0.1, 0.15) is 0 Å². The molecular formula is C11H16F3N5O3S. The average molecular weight is 355 g/mol. The van der Waals surface area contributed by atoms with Gasteiger partial charge in [-0.25, -0.2) is 12.7 Å². The highest BCUT2D eigenvalue weighted by Gasteiger charge is 2.36. The topological polar surface area (TPSA) is 108 Å². The van der Waals surface area contributed by atoms with Crippen molar-refractivity contribution in [2.24, 2.45) is 5.92 Å². The molecule has 12 heteroatoms. The van der Waals surface area contributed by atoms with Gasteiger partial charge in [0.15, 0.2) is 0 Å². The number of carbonyl (C=O) groups excluding carboxylic acids is 1. The zero-order chi connectivity index (χ0) is 17.3. The SMILES string of the molecule is CCS(=O)(=O)N1CCC(C(=O)Nc2n[nH]c(C(F)(F)F)n2)CC1. The molecule has 0 spiro atoms. The second-order valence-corrected chi connectivity index (χ2v) is 7.33. The maximum Gasteiger partial charge on any atom is 0.451 e. The molecule has 130 valence electrons. The molecule has 1 aromatic heterocycles. The van der Waals surface area contributed by atoms with Crippen molar-refractivity contribution in [3.8, 4) is 0 Å². The van der Waals surface area contributed by atoms with E-state index < -0.39 is 39.8 Å². The van der Waals surface area contributed by atoms with E-state index in [-0.39, 0.29) is 18.8 Å². The number of rotatable bonds is 4. The normalized spacial score (nSPS) is 18.1. The molecule has 2 rings (SSSR count). The highest BCUT2D eigenvalue weighted by atomic mass is 32.2. The van der Waals surface area contributed by atoms with Crippen LogP contribution in [0.5, 0.6) is 0 Å². The summed E-state index contributed by atoms with van der Waals surface area (Å²) in [4.78, 5) is 15.2. The van der Waals surface area contributed by atoms with Crippen molar-refractivity contribution in [1.29, 1.82) is 0 Å². The quantitative estimate of drug-likeness (QED) is 0.831. The molecule has 8 nitrogen and oxygen atoms in total. The summed E-state index contributed by atoms with van der Waals surface area (Å²) in [6, 6.07) is 0. The third kappa shape index (κ3) is 4.19. The molecule has 1 fully saturated rings. The Morgan fingerprint density at radius 1 is 1.39 bits per heavy atom. The van der Waals surface area contributed by atoms with Crippen LogP contribution < -0.4 is 5.32 Å². The molecule has 0 aliphatic carbocycles. The minimum absolute atomic E-state index is 0.0126. The number of aromatic amines is 1. The average Bonchev–Trinajstić information content (AvgIpc) is 2.96. The maximum atomic E-state index is 12.4. The Morgan fingerprint density at radius 3 is 2.48 bits per heavy atom. The number of sulfonamides is 1. The summed E-state index contributed by atoms with van der Waals surface area (Å²) in [5.74, 6) is -2.78. The molecule has 0 atom stereocenters. The Hall–Kier alpha value is -1.69. The molecule has 0 radical (unpaired) electrons. The van der Waals surface area contributed by atoms with Crippen molar-refractivity contribution < 1.29 is 26.4 Å². The molecular weight excluding hydrogens is 339 g/mol. The zero-order valence-corrected chi connectivity index (χ0v) is 13.0. The summed E-state index contributed by atoms with van der Waals surface area (Å²) in [6.07, 6.45) is -4.08. The first-order valence-electron chi connectivity index (χ1n) is 6.91. The van der Waals surface area contributed by atoms with Crippen LogP contribution in [0, 0.1) is 5.92 Å². The lowest BCUT2D eigenvalue weighted by Gasteiger charge is -2.29. The largest absolute Gasteiger partial charge is 0.451 e. The predicted molar refractivity (Wildman–Crippen MR) is 73.8 cm³/mol. The monoisotopic (exact) mass is 355 g/mol. The third-order valence-corrected chi connectivity index (χ3v) is 5.45. The van der Waals surface area contributed by atoms with Gasteiger partial charge in [-0.15, -0.1) is 5.10 Å². The smallest absolute Gasteiger partial charge is 0.293 e. The molecule has 1 amide bonds. The lowest BCUT2D eigenvalue weighted by atomic mass is 9.97. The van der Waals surface area contributed by atoms with Crippen molar-refractivity contribution in [1.82, 2.24) is 19.5 Å². The molecule has 1 saturated heterocycles. The fraction of sp³-hybridized carbons (Fsp3) is 0.727. The number of halogens is 3. The Kier molecular flexibility index (Phi) is 4.94. The number of aromatic nitrogens is 3. The van der Waals surface area contributed by atoms with Crippen LogP contribution in [0.15, 0.2) is 0 Å². The maximum absolute atomic E-state index is 12.4. The number of hydrogen-bond acceptors (Lipinski definition) is 5. The number of carbonyl (C=O) groups is 1. The number of nitrogens with one attached hydrogen (secondary N) is 2. The lowest BCUT2D eigenvalue weighted by Crippen LogP contribution is -2.42. The van der Waals surface area contributed by atoms with E-state index in [2.05, 4.69) is 15.4 Å². The van der Waals surface area contributed by atoms with E-state index in [1.165, 1.54) is 11.2 Å². The van der Waals surface area contributed by atoms with Gasteiger partial charge in [-0.05, 0) is 19.8 Å². The minimum Gasteiger partial charge on any atom is -0.293 e. The van der Waals surface area contributed by atoms with E-state index in [9.17, 15) is 26.4 Å². The number of anilines is 1. The van der Waals surface area contributed by atoms with Crippen LogP contribution in [0.1, 0.15) is 25.6 Å². The van der Waals surface area contributed by atoms with Crippen molar-refractivity contribution in [3.05, 3.63) is 5.82 Å². The fourth-order valence-electron chi connectivity index (χ4n) is 2.24. The summed E-state index contributed by atoms with van der Waals surface area (Å²) in [5.41, 5.74) is 0.